The number of aliphatic hydroxyl groups excluding tert-OH is 1. The summed E-state index contributed by atoms with van der Waals surface area (Å²) in [5, 5.41) is 13.2. The Labute approximate surface area is 146 Å². The Morgan fingerprint density at radius 1 is 1.12 bits per heavy atom. The van der Waals surface area contributed by atoms with Crippen LogP contribution in [0.3, 0.4) is 0 Å². The minimum atomic E-state index is -0.876. The number of nitrogens with one attached hydrogen (secondary N) is 1. The second-order valence-corrected chi connectivity index (χ2v) is 7.12. The van der Waals surface area contributed by atoms with Gasteiger partial charge < -0.3 is 15.2 Å². The first-order chi connectivity index (χ1) is 12.1. The average molecular weight is 345 g/mol. The molecule has 25 heavy (non-hydrogen) atoms. The van der Waals surface area contributed by atoms with Crippen molar-refractivity contribution in [1.82, 2.24) is 15.1 Å². The molecule has 2 aliphatic heterocycles. The highest BCUT2D eigenvalue weighted by atomic mass is 16.5. The first-order valence-corrected chi connectivity index (χ1v) is 8.76. The average Bonchev–Trinajstić information content (AvgIpc) is 3.08. The molecule has 1 atom stereocenters. The molecule has 1 spiro atoms. The number of morpholine rings is 1. The van der Waals surface area contributed by atoms with E-state index in [1.807, 2.05) is 24.3 Å². The molecule has 2 N–H and O–H groups in total. The standard InChI is InChI=1S/C18H23N3O4/c22-15(11-20-5-7-25-8-6-20)12-21-16(23)18(19-17(21)24)9-13-3-1-2-4-14(13)10-18/h1-4,15,22H,5-12H2,(H,19,24). The maximum absolute atomic E-state index is 12.9. The molecule has 4 rings (SSSR count). The van der Waals surface area contributed by atoms with Crippen LogP contribution < -0.4 is 5.32 Å². The number of carbonyl (C=O) groups excluding carboxylic acids is 2. The maximum Gasteiger partial charge on any atom is 0.325 e. The molecule has 7 heteroatoms. The molecule has 0 radical (unpaired) electrons. The van der Waals surface area contributed by atoms with Crippen LogP contribution in [0.4, 0.5) is 4.79 Å². The molecular formula is C18H23N3O4. The van der Waals surface area contributed by atoms with Gasteiger partial charge in [0.15, 0.2) is 0 Å². The van der Waals surface area contributed by atoms with E-state index in [2.05, 4.69) is 10.2 Å². The van der Waals surface area contributed by atoms with Gasteiger partial charge >= 0.3 is 6.03 Å². The topological polar surface area (TPSA) is 82.1 Å². The lowest BCUT2D eigenvalue weighted by molar-refractivity contribution is -0.132. The second-order valence-electron chi connectivity index (χ2n) is 7.12. The van der Waals surface area contributed by atoms with Crippen LogP contribution in [0.15, 0.2) is 24.3 Å². The Balaban J connectivity index is 1.42. The normalized spacial score (nSPS) is 23.8. The largest absolute Gasteiger partial charge is 0.390 e. The zero-order valence-corrected chi connectivity index (χ0v) is 14.1. The van der Waals surface area contributed by atoms with Gasteiger partial charge in [0.1, 0.15) is 5.54 Å². The van der Waals surface area contributed by atoms with Gasteiger partial charge in [-0.15, -0.1) is 0 Å². The number of ether oxygens (including phenoxy) is 1. The van der Waals surface area contributed by atoms with Crippen molar-refractivity contribution in [3.8, 4) is 0 Å². The van der Waals surface area contributed by atoms with Crippen LogP contribution in [-0.2, 0) is 22.4 Å². The molecule has 3 amide bonds. The SMILES string of the molecule is O=C1NC2(Cc3ccccc3C2)C(=O)N1CC(O)CN1CCOCC1. The quantitative estimate of drug-likeness (QED) is 0.737. The summed E-state index contributed by atoms with van der Waals surface area (Å²) in [5.74, 6) is -0.227. The Morgan fingerprint density at radius 3 is 2.40 bits per heavy atom. The van der Waals surface area contributed by atoms with Crippen molar-refractivity contribution < 1.29 is 19.4 Å². The van der Waals surface area contributed by atoms with Gasteiger partial charge in [-0.25, -0.2) is 4.79 Å². The molecule has 7 nitrogen and oxygen atoms in total. The molecule has 3 aliphatic rings. The molecule has 2 heterocycles. The number of fused-ring (bicyclic) bond motifs is 1. The second kappa shape index (κ2) is 6.40. The third kappa shape index (κ3) is 3.03. The van der Waals surface area contributed by atoms with Crippen molar-refractivity contribution in [2.45, 2.75) is 24.5 Å². The number of imide groups is 1. The van der Waals surface area contributed by atoms with Gasteiger partial charge in [0.05, 0.1) is 25.9 Å². The van der Waals surface area contributed by atoms with Gasteiger partial charge in [-0.05, 0) is 11.1 Å². The van der Waals surface area contributed by atoms with Gasteiger partial charge in [0.25, 0.3) is 5.91 Å². The van der Waals surface area contributed by atoms with E-state index in [1.54, 1.807) is 0 Å². The van der Waals surface area contributed by atoms with Crippen LogP contribution in [0.25, 0.3) is 0 Å². The summed E-state index contributed by atoms with van der Waals surface area (Å²) >= 11 is 0. The third-order valence-electron chi connectivity index (χ3n) is 5.31. The summed E-state index contributed by atoms with van der Waals surface area (Å²) in [6.07, 6.45) is 0.278. The van der Waals surface area contributed by atoms with Crippen molar-refractivity contribution in [2.75, 3.05) is 39.4 Å². The smallest absolute Gasteiger partial charge is 0.325 e. The fourth-order valence-electron chi connectivity index (χ4n) is 4.05. The zero-order chi connectivity index (χ0) is 17.4. The van der Waals surface area contributed by atoms with E-state index < -0.39 is 17.7 Å². The molecule has 0 bridgehead atoms. The Kier molecular flexibility index (Phi) is 4.23. The number of amides is 3. The molecule has 1 aromatic rings. The highest BCUT2D eigenvalue weighted by Crippen LogP contribution is 2.34. The van der Waals surface area contributed by atoms with Crippen molar-refractivity contribution in [3.63, 3.8) is 0 Å². The van der Waals surface area contributed by atoms with Crippen molar-refractivity contribution in [2.24, 2.45) is 0 Å². The maximum atomic E-state index is 12.9. The molecule has 2 fully saturated rings. The van der Waals surface area contributed by atoms with E-state index in [0.717, 1.165) is 24.2 Å². The summed E-state index contributed by atoms with van der Waals surface area (Å²) in [6.45, 7) is 3.29. The Morgan fingerprint density at radius 2 is 1.76 bits per heavy atom. The fraction of sp³-hybridized carbons (Fsp3) is 0.556. The lowest BCUT2D eigenvalue weighted by Crippen LogP contribution is -2.49. The van der Waals surface area contributed by atoms with Crippen LogP contribution in [0.1, 0.15) is 11.1 Å². The summed E-state index contributed by atoms with van der Waals surface area (Å²) in [6, 6.07) is 7.49. The predicted molar refractivity (Wildman–Crippen MR) is 90.1 cm³/mol. The summed E-state index contributed by atoms with van der Waals surface area (Å²) in [5.41, 5.74) is 1.33. The highest BCUT2D eigenvalue weighted by Gasteiger charge is 2.54. The van der Waals surface area contributed by atoms with Gasteiger partial charge in [-0.1, -0.05) is 24.3 Å². The fourth-order valence-corrected chi connectivity index (χ4v) is 4.05. The summed E-state index contributed by atoms with van der Waals surface area (Å²) in [4.78, 5) is 28.6. The van der Waals surface area contributed by atoms with E-state index in [1.165, 1.54) is 4.90 Å². The number of benzene rings is 1. The Hall–Kier alpha value is -1.96. The molecule has 1 aliphatic carbocycles. The van der Waals surface area contributed by atoms with E-state index in [9.17, 15) is 14.7 Å². The summed E-state index contributed by atoms with van der Waals surface area (Å²) in [7, 11) is 0. The number of urea groups is 1. The molecule has 0 saturated carbocycles. The number of rotatable bonds is 4. The minimum absolute atomic E-state index is 0.0279. The molecule has 1 aromatic carbocycles. The lowest BCUT2D eigenvalue weighted by atomic mass is 9.96. The van der Waals surface area contributed by atoms with E-state index >= 15 is 0 Å². The summed E-state index contributed by atoms with van der Waals surface area (Å²) < 4.78 is 5.29. The third-order valence-corrected chi connectivity index (χ3v) is 5.31. The van der Waals surface area contributed by atoms with E-state index in [-0.39, 0.29) is 12.5 Å². The van der Waals surface area contributed by atoms with Gasteiger partial charge in [-0.2, -0.15) is 0 Å². The van der Waals surface area contributed by atoms with Crippen molar-refractivity contribution in [1.29, 1.82) is 0 Å². The van der Waals surface area contributed by atoms with E-state index in [4.69, 9.17) is 4.74 Å². The van der Waals surface area contributed by atoms with Crippen LogP contribution in [0.5, 0.6) is 0 Å². The first kappa shape index (κ1) is 16.5. The van der Waals surface area contributed by atoms with Gasteiger partial charge in [-0.3, -0.25) is 14.6 Å². The van der Waals surface area contributed by atoms with Gasteiger partial charge in [0, 0.05) is 32.5 Å². The number of aliphatic hydroxyl groups is 1. The highest BCUT2D eigenvalue weighted by molar-refractivity contribution is 6.07. The lowest BCUT2D eigenvalue weighted by Gasteiger charge is -2.29. The number of nitrogens with zero attached hydrogens (tertiary/aromatic N) is 2. The number of hydrogen-bond donors (Lipinski definition) is 2. The molecule has 1 unspecified atom stereocenters. The van der Waals surface area contributed by atoms with E-state index in [0.29, 0.717) is 32.6 Å². The number of β-amino-alcohol motifs (C(OH)–C–C–N with tert-alkyl or cyclic N) is 1. The minimum Gasteiger partial charge on any atom is -0.390 e. The van der Waals surface area contributed by atoms with Gasteiger partial charge in [0.2, 0.25) is 0 Å². The molecular weight excluding hydrogens is 322 g/mol. The Bertz CT molecular complexity index is 662. The van der Waals surface area contributed by atoms with Crippen LogP contribution in [-0.4, -0.2) is 77.9 Å². The van der Waals surface area contributed by atoms with Crippen LogP contribution >= 0.6 is 0 Å². The van der Waals surface area contributed by atoms with Crippen molar-refractivity contribution >= 4 is 11.9 Å². The number of hydrogen-bond acceptors (Lipinski definition) is 5. The molecule has 2 saturated heterocycles. The van der Waals surface area contributed by atoms with Crippen molar-refractivity contribution in [3.05, 3.63) is 35.4 Å². The molecule has 134 valence electrons. The monoisotopic (exact) mass is 345 g/mol. The predicted octanol–water partition coefficient (Wildman–Crippen LogP) is -0.231. The first-order valence-electron chi connectivity index (χ1n) is 8.76. The zero-order valence-electron chi connectivity index (χ0n) is 14.1. The van der Waals surface area contributed by atoms with Crippen LogP contribution in [0, 0.1) is 0 Å². The number of carbonyl (C=O) groups is 2. The molecule has 0 aromatic heterocycles. The van der Waals surface area contributed by atoms with Crippen LogP contribution in [0.2, 0.25) is 0 Å².